The van der Waals surface area contributed by atoms with E-state index >= 15 is 0 Å². The van der Waals surface area contributed by atoms with Gasteiger partial charge < -0.3 is 15.0 Å². The molecule has 0 saturated heterocycles. The van der Waals surface area contributed by atoms with E-state index in [1.807, 2.05) is 30.3 Å². The molecule has 0 radical (unpaired) electrons. The Hall–Kier alpha value is -2.92. The molecule has 0 saturated carbocycles. The van der Waals surface area contributed by atoms with Crippen LogP contribution in [0.2, 0.25) is 0 Å². The predicted octanol–water partition coefficient (Wildman–Crippen LogP) is 2.29. The number of hydrogen-bond acceptors (Lipinski definition) is 3. The Kier molecular flexibility index (Phi) is 3.02. The molecule has 0 amide bonds. The van der Waals surface area contributed by atoms with Gasteiger partial charge in [-0.15, -0.1) is 0 Å². The minimum atomic E-state index is -1.21. The third-order valence-corrected chi connectivity index (χ3v) is 4.24. The Morgan fingerprint density at radius 2 is 1.87 bits per heavy atom. The van der Waals surface area contributed by atoms with E-state index in [9.17, 15) is 14.7 Å². The number of nitrogens with zero attached hydrogens (tertiary/aromatic N) is 1. The third kappa shape index (κ3) is 2.13. The van der Waals surface area contributed by atoms with Crippen LogP contribution in [0.15, 0.2) is 53.5 Å². The molecule has 0 aliphatic carbocycles. The highest BCUT2D eigenvalue weighted by molar-refractivity contribution is 5.93. The molecular formula is C18H14N2O3. The maximum absolute atomic E-state index is 12.3. The van der Waals surface area contributed by atoms with Crippen LogP contribution < -0.4 is 10.7 Å². The number of carboxylic acid groups (broad SMARTS) is 1. The highest BCUT2D eigenvalue weighted by Gasteiger charge is 2.16. The average Bonchev–Trinajstić information content (AvgIpc) is 3.02. The number of fused-ring (bicyclic) bond motifs is 2. The summed E-state index contributed by atoms with van der Waals surface area (Å²) in [6, 6.07) is 13.1. The molecule has 0 spiro atoms. The number of nitrogens with one attached hydrogen (secondary N) is 1. The van der Waals surface area contributed by atoms with Crippen molar-refractivity contribution in [3.8, 4) is 5.69 Å². The van der Waals surface area contributed by atoms with Crippen molar-refractivity contribution >= 4 is 16.9 Å². The molecule has 4 rings (SSSR count). The van der Waals surface area contributed by atoms with Crippen LogP contribution in [0.4, 0.5) is 0 Å². The van der Waals surface area contributed by atoms with Crippen LogP contribution in [0.5, 0.6) is 0 Å². The van der Waals surface area contributed by atoms with Crippen LogP contribution in [-0.4, -0.2) is 15.6 Å². The zero-order chi connectivity index (χ0) is 16.0. The molecule has 2 aromatic carbocycles. The number of aromatic nitrogens is 1. The van der Waals surface area contributed by atoms with Crippen molar-refractivity contribution < 1.29 is 9.90 Å². The Morgan fingerprint density at radius 3 is 2.70 bits per heavy atom. The molecule has 2 N–H and O–H groups in total. The lowest BCUT2D eigenvalue weighted by Gasteiger charge is -2.13. The normalized spacial score (nSPS) is 13.2. The maximum atomic E-state index is 12.3. The standard InChI is InChI=1S/C18H14N2O3/c21-17-14-3-1-2-4-16(14)20(10-15(17)18(22)23)13-6-5-11-8-19-9-12(11)7-13/h1-7,10,19H,8-9H2,(H,22,23). The first-order chi connectivity index (χ1) is 11.1. The molecule has 23 heavy (non-hydrogen) atoms. The van der Waals surface area contributed by atoms with Gasteiger partial charge in [0.1, 0.15) is 5.56 Å². The third-order valence-electron chi connectivity index (χ3n) is 4.24. The van der Waals surface area contributed by atoms with E-state index in [0.29, 0.717) is 10.9 Å². The monoisotopic (exact) mass is 306 g/mol. The highest BCUT2D eigenvalue weighted by atomic mass is 16.4. The average molecular weight is 306 g/mol. The van der Waals surface area contributed by atoms with Gasteiger partial charge in [-0.05, 0) is 35.4 Å². The van der Waals surface area contributed by atoms with Crippen LogP contribution >= 0.6 is 0 Å². The number of para-hydroxylation sites is 1. The van der Waals surface area contributed by atoms with E-state index < -0.39 is 11.4 Å². The Balaban J connectivity index is 2.05. The number of carboxylic acids is 1. The topological polar surface area (TPSA) is 71.3 Å². The summed E-state index contributed by atoms with van der Waals surface area (Å²) in [4.78, 5) is 23.7. The molecule has 0 atom stereocenters. The summed E-state index contributed by atoms with van der Waals surface area (Å²) >= 11 is 0. The van der Waals surface area contributed by atoms with Gasteiger partial charge in [-0.1, -0.05) is 18.2 Å². The molecule has 2 heterocycles. The Morgan fingerprint density at radius 1 is 1.09 bits per heavy atom. The van der Waals surface area contributed by atoms with Crippen molar-refractivity contribution in [3.63, 3.8) is 0 Å². The summed E-state index contributed by atoms with van der Waals surface area (Å²) in [5.41, 5.74) is 3.33. The number of benzene rings is 2. The van der Waals surface area contributed by atoms with Crippen molar-refractivity contribution in [1.29, 1.82) is 0 Å². The lowest BCUT2D eigenvalue weighted by atomic mass is 10.1. The number of rotatable bonds is 2. The maximum Gasteiger partial charge on any atom is 0.341 e. The van der Waals surface area contributed by atoms with Gasteiger partial charge in [0.25, 0.3) is 0 Å². The van der Waals surface area contributed by atoms with Gasteiger partial charge in [-0.2, -0.15) is 0 Å². The van der Waals surface area contributed by atoms with Crippen LogP contribution in [-0.2, 0) is 13.1 Å². The Bertz CT molecular complexity index is 1000. The smallest absolute Gasteiger partial charge is 0.341 e. The van der Waals surface area contributed by atoms with Crippen molar-refractivity contribution in [2.75, 3.05) is 0 Å². The molecule has 1 aliphatic rings. The SMILES string of the molecule is O=C(O)c1cn(-c2ccc3c(c2)CNC3)c2ccccc2c1=O. The van der Waals surface area contributed by atoms with E-state index in [-0.39, 0.29) is 5.56 Å². The molecular weight excluding hydrogens is 292 g/mol. The number of pyridine rings is 1. The second-order valence-corrected chi connectivity index (χ2v) is 5.62. The minimum absolute atomic E-state index is 0.220. The summed E-state index contributed by atoms with van der Waals surface area (Å²) in [6.45, 7) is 1.65. The predicted molar refractivity (Wildman–Crippen MR) is 87.0 cm³/mol. The summed E-state index contributed by atoms with van der Waals surface area (Å²) in [7, 11) is 0. The summed E-state index contributed by atoms with van der Waals surface area (Å²) in [6.07, 6.45) is 1.41. The fourth-order valence-electron chi connectivity index (χ4n) is 3.08. The van der Waals surface area contributed by atoms with Crippen molar-refractivity contribution in [2.24, 2.45) is 0 Å². The first-order valence-corrected chi connectivity index (χ1v) is 7.36. The van der Waals surface area contributed by atoms with Crippen molar-refractivity contribution in [3.05, 3.63) is 75.6 Å². The summed E-state index contributed by atoms with van der Waals surface area (Å²) in [5.74, 6) is -1.21. The van der Waals surface area contributed by atoms with E-state index in [4.69, 9.17) is 0 Å². The number of aromatic carboxylic acids is 1. The second-order valence-electron chi connectivity index (χ2n) is 5.62. The van der Waals surface area contributed by atoms with Gasteiger partial charge in [-0.3, -0.25) is 4.79 Å². The van der Waals surface area contributed by atoms with Crippen molar-refractivity contribution in [2.45, 2.75) is 13.1 Å². The largest absolute Gasteiger partial charge is 0.477 e. The van der Waals surface area contributed by atoms with Gasteiger partial charge in [0.2, 0.25) is 5.43 Å². The molecule has 0 unspecified atom stereocenters. The van der Waals surface area contributed by atoms with E-state index in [1.54, 1.807) is 16.7 Å². The van der Waals surface area contributed by atoms with Gasteiger partial charge >= 0.3 is 5.97 Å². The van der Waals surface area contributed by atoms with Gasteiger partial charge in [0, 0.05) is 30.4 Å². The van der Waals surface area contributed by atoms with Gasteiger partial charge in [0.15, 0.2) is 0 Å². The fraction of sp³-hybridized carbons (Fsp3) is 0.111. The minimum Gasteiger partial charge on any atom is -0.477 e. The first-order valence-electron chi connectivity index (χ1n) is 7.36. The Labute approximate surface area is 131 Å². The molecule has 0 bridgehead atoms. The number of hydrogen-bond donors (Lipinski definition) is 2. The lowest BCUT2D eigenvalue weighted by molar-refractivity contribution is 0.0695. The molecule has 114 valence electrons. The quantitative estimate of drug-likeness (QED) is 0.762. The molecule has 1 aromatic heterocycles. The lowest BCUT2D eigenvalue weighted by Crippen LogP contribution is -2.18. The zero-order valence-corrected chi connectivity index (χ0v) is 12.2. The number of carbonyl (C=O) groups is 1. The highest BCUT2D eigenvalue weighted by Crippen LogP contribution is 2.22. The van der Waals surface area contributed by atoms with Gasteiger partial charge in [-0.25, -0.2) is 4.79 Å². The van der Waals surface area contributed by atoms with E-state index in [2.05, 4.69) is 5.32 Å². The molecule has 5 nitrogen and oxygen atoms in total. The van der Waals surface area contributed by atoms with Crippen LogP contribution in [0.3, 0.4) is 0 Å². The molecule has 0 fully saturated rings. The first kappa shape index (κ1) is 13.7. The van der Waals surface area contributed by atoms with Crippen LogP contribution in [0, 0.1) is 0 Å². The van der Waals surface area contributed by atoms with Crippen molar-refractivity contribution in [1.82, 2.24) is 9.88 Å². The summed E-state index contributed by atoms with van der Waals surface area (Å²) < 4.78 is 1.78. The summed E-state index contributed by atoms with van der Waals surface area (Å²) in [5, 5.41) is 13.0. The van der Waals surface area contributed by atoms with Crippen LogP contribution in [0.25, 0.3) is 16.6 Å². The van der Waals surface area contributed by atoms with Gasteiger partial charge in [0.05, 0.1) is 5.52 Å². The second kappa shape index (κ2) is 5.07. The zero-order valence-electron chi connectivity index (χ0n) is 12.2. The molecule has 3 aromatic rings. The fourth-order valence-corrected chi connectivity index (χ4v) is 3.08. The van der Waals surface area contributed by atoms with E-state index in [1.165, 1.54) is 17.3 Å². The molecule has 5 heteroatoms. The van der Waals surface area contributed by atoms with Crippen LogP contribution in [0.1, 0.15) is 21.5 Å². The van der Waals surface area contributed by atoms with E-state index in [0.717, 1.165) is 18.8 Å². The molecule has 1 aliphatic heterocycles.